The van der Waals surface area contributed by atoms with Gasteiger partial charge in [0, 0.05) is 38.7 Å². The number of benzene rings is 3. The Morgan fingerprint density at radius 3 is 2.56 bits per heavy atom. The number of hydrogen-bond donors (Lipinski definition) is 2. The highest BCUT2D eigenvalue weighted by Crippen LogP contribution is 2.36. The van der Waals surface area contributed by atoms with E-state index in [9.17, 15) is 9.59 Å². The zero-order valence-corrected chi connectivity index (χ0v) is 17.7. The van der Waals surface area contributed by atoms with Gasteiger partial charge in [-0.15, -0.1) is 11.3 Å². The molecule has 5 nitrogen and oxygen atoms in total. The zero-order chi connectivity index (χ0) is 22.1. The van der Waals surface area contributed by atoms with Crippen LogP contribution in [0.15, 0.2) is 78.3 Å². The molecule has 0 bridgehead atoms. The van der Waals surface area contributed by atoms with Crippen LogP contribution < -0.4 is 10.6 Å². The number of anilines is 1. The SMILES string of the molecule is N#CCc1ccc(NC=C2C(=O)NC(=O)c3ccc(-c4csc5ccccc45)cc32)cc1. The predicted octanol–water partition coefficient (Wildman–Crippen LogP) is 5.36. The molecule has 6 heteroatoms. The molecule has 32 heavy (non-hydrogen) atoms. The molecular formula is C26H17N3O2S. The molecule has 2 heterocycles. The molecule has 0 saturated heterocycles. The summed E-state index contributed by atoms with van der Waals surface area (Å²) in [5, 5.41) is 17.6. The number of amides is 2. The lowest BCUT2D eigenvalue weighted by Crippen LogP contribution is -2.36. The highest BCUT2D eigenvalue weighted by Gasteiger charge is 2.27. The van der Waals surface area contributed by atoms with Gasteiger partial charge in [-0.25, -0.2) is 0 Å². The Balaban J connectivity index is 1.54. The molecule has 0 aliphatic carbocycles. The number of nitrogens with zero attached hydrogens (tertiary/aromatic N) is 1. The molecule has 0 radical (unpaired) electrons. The third-order valence-electron chi connectivity index (χ3n) is 5.44. The van der Waals surface area contributed by atoms with Crippen molar-refractivity contribution in [3.8, 4) is 17.2 Å². The lowest BCUT2D eigenvalue weighted by Gasteiger charge is -2.19. The zero-order valence-electron chi connectivity index (χ0n) is 16.9. The minimum atomic E-state index is -0.441. The Labute approximate surface area is 188 Å². The van der Waals surface area contributed by atoms with E-state index in [0.29, 0.717) is 23.1 Å². The molecule has 2 N–H and O–H groups in total. The molecule has 0 atom stereocenters. The maximum atomic E-state index is 12.7. The van der Waals surface area contributed by atoms with E-state index in [-0.39, 0.29) is 0 Å². The van der Waals surface area contributed by atoms with Crippen LogP contribution in [0.25, 0.3) is 26.8 Å². The molecule has 5 rings (SSSR count). The average Bonchev–Trinajstić information content (AvgIpc) is 3.24. The average molecular weight is 436 g/mol. The number of thiophene rings is 1. The third-order valence-corrected chi connectivity index (χ3v) is 6.40. The fraction of sp³-hybridized carbons (Fsp3) is 0.0385. The van der Waals surface area contributed by atoms with E-state index in [0.717, 1.165) is 27.8 Å². The Morgan fingerprint density at radius 2 is 1.75 bits per heavy atom. The summed E-state index contributed by atoms with van der Waals surface area (Å²) < 4.78 is 1.19. The second-order valence-electron chi connectivity index (χ2n) is 7.42. The van der Waals surface area contributed by atoms with Crippen molar-refractivity contribution < 1.29 is 9.59 Å². The lowest BCUT2D eigenvalue weighted by atomic mass is 9.91. The largest absolute Gasteiger partial charge is 0.361 e. The van der Waals surface area contributed by atoms with Crippen molar-refractivity contribution in [3.05, 3.63) is 95.0 Å². The fourth-order valence-corrected chi connectivity index (χ4v) is 4.77. The van der Waals surface area contributed by atoms with Crippen LogP contribution in [-0.4, -0.2) is 11.8 Å². The highest BCUT2D eigenvalue weighted by atomic mass is 32.1. The number of fused-ring (bicyclic) bond motifs is 2. The molecule has 1 aliphatic heterocycles. The fourth-order valence-electron chi connectivity index (χ4n) is 3.80. The van der Waals surface area contributed by atoms with Gasteiger partial charge in [-0.3, -0.25) is 14.9 Å². The van der Waals surface area contributed by atoms with E-state index < -0.39 is 11.8 Å². The second-order valence-corrected chi connectivity index (χ2v) is 8.33. The molecule has 3 aromatic carbocycles. The Hall–Kier alpha value is -4.21. The van der Waals surface area contributed by atoms with Crippen LogP contribution in [0, 0.1) is 11.3 Å². The van der Waals surface area contributed by atoms with Crippen LogP contribution in [0.4, 0.5) is 5.69 Å². The standard InChI is InChI=1S/C26H17N3O2S/c27-12-11-16-5-8-18(9-6-16)28-14-22-21-13-17(7-10-20(21)25(30)29-26(22)31)23-15-32-24-4-2-1-3-19(23)24/h1-10,13-15,28H,11H2,(H,29,30,31). The van der Waals surface area contributed by atoms with Crippen molar-refractivity contribution in [2.45, 2.75) is 6.42 Å². The summed E-state index contributed by atoms with van der Waals surface area (Å²) in [6.07, 6.45) is 1.97. The first-order valence-corrected chi connectivity index (χ1v) is 10.9. The van der Waals surface area contributed by atoms with Gasteiger partial charge in [0.15, 0.2) is 0 Å². The minimum absolute atomic E-state index is 0.347. The number of carbonyl (C=O) groups is 2. The van der Waals surface area contributed by atoms with Gasteiger partial charge in [-0.2, -0.15) is 5.26 Å². The first-order valence-electron chi connectivity index (χ1n) is 10.0. The molecule has 1 aliphatic rings. The van der Waals surface area contributed by atoms with Crippen molar-refractivity contribution in [1.29, 1.82) is 5.26 Å². The topological polar surface area (TPSA) is 82.0 Å². The summed E-state index contributed by atoms with van der Waals surface area (Å²) in [4.78, 5) is 25.1. The quantitative estimate of drug-likeness (QED) is 0.334. The minimum Gasteiger partial charge on any atom is -0.361 e. The molecule has 0 spiro atoms. The molecule has 4 aromatic rings. The molecule has 0 unspecified atom stereocenters. The van der Waals surface area contributed by atoms with Gasteiger partial charge < -0.3 is 5.32 Å². The maximum Gasteiger partial charge on any atom is 0.260 e. The van der Waals surface area contributed by atoms with Crippen LogP contribution in [0.2, 0.25) is 0 Å². The van der Waals surface area contributed by atoms with E-state index in [1.165, 1.54) is 4.70 Å². The Morgan fingerprint density at radius 1 is 0.938 bits per heavy atom. The van der Waals surface area contributed by atoms with Crippen LogP contribution >= 0.6 is 11.3 Å². The number of nitriles is 1. The van der Waals surface area contributed by atoms with Crippen LogP contribution in [0.3, 0.4) is 0 Å². The van der Waals surface area contributed by atoms with E-state index in [1.807, 2.05) is 48.5 Å². The van der Waals surface area contributed by atoms with Gasteiger partial charge in [0.2, 0.25) is 0 Å². The molecule has 2 amide bonds. The first kappa shape index (κ1) is 19.7. The molecule has 1 aromatic heterocycles. The van der Waals surface area contributed by atoms with E-state index in [1.54, 1.807) is 23.6 Å². The van der Waals surface area contributed by atoms with Gasteiger partial charge >= 0.3 is 0 Å². The summed E-state index contributed by atoms with van der Waals surface area (Å²) in [7, 11) is 0. The Bertz CT molecular complexity index is 1440. The third kappa shape index (κ3) is 3.55. The van der Waals surface area contributed by atoms with Gasteiger partial charge in [0.05, 0.1) is 18.1 Å². The summed E-state index contributed by atoms with van der Waals surface area (Å²) >= 11 is 1.67. The van der Waals surface area contributed by atoms with Crippen LogP contribution in [0.5, 0.6) is 0 Å². The second kappa shape index (κ2) is 8.14. The van der Waals surface area contributed by atoms with Crippen LogP contribution in [-0.2, 0) is 11.2 Å². The number of nitrogens with one attached hydrogen (secondary N) is 2. The summed E-state index contributed by atoms with van der Waals surface area (Å²) in [5.41, 5.74) is 5.19. The predicted molar refractivity (Wildman–Crippen MR) is 127 cm³/mol. The maximum absolute atomic E-state index is 12.7. The van der Waals surface area contributed by atoms with Gasteiger partial charge in [-0.1, -0.05) is 36.4 Å². The molecule has 0 saturated carbocycles. The smallest absolute Gasteiger partial charge is 0.260 e. The molecule has 0 fully saturated rings. The monoisotopic (exact) mass is 435 g/mol. The van der Waals surface area contributed by atoms with Crippen molar-refractivity contribution in [2.24, 2.45) is 0 Å². The number of hydrogen-bond acceptors (Lipinski definition) is 5. The van der Waals surface area contributed by atoms with Crippen molar-refractivity contribution in [1.82, 2.24) is 5.32 Å². The van der Waals surface area contributed by atoms with Crippen LogP contribution in [0.1, 0.15) is 21.5 Å². The number of carbonyl (C=O) groups excluding carboxylic acids is 2. The Kier molecular flexibility index (Phi) is 5.02. The van der Waals surface area contributed by atoms with E-state index in [2.05, 4.69) is 34.2 Å². The van der Waals surface area contributed by atoms with Gasteiger partial charge in [-0.05, 0) is 46.8 Å². The van der Waals surface area contributed by atoms with Gasteiger partial charge in [0.25, 0.3) is 11.8 Å². The van der Waals surface area contributed by atoms with E-state index >= 15 is 0 Å². The lowest BCUT2D eigenvalue weighted by molar-refractivity contribution is -0.114. The van der Waals surface area contributed by atoms with Crippen molar-refractivity contribution >= 4 is 44.5 Å². The number of rotatable bonds is 4. The highest BCUT2D eigenvalue weighted by molar-refractivity contribution is 7.17. The van der Waals surface area contributed by atoms with E-state index in [4.69, 9.17) is 5.26 Å². The summed E-state index contributed by atoms with van der Waals surface area (Å²) in [6.45, 7) is 0. The molecule has 154 valence electrons. The first-order chi connectivity index (χ1) is 15.6. The van der Waals surface area contributed by atoms with Crippen molar-refractivity contribution in [2.75, 3.05) is 5.32 Å². The summed E-state index contributed by atoms with van der Waals surface area (Å²) in [5.74, 6) is -0.840. The van der Waals surface area contributed by atoms with Crippen molar-refractivity contribution in [3.63, 3.8) is 0 Å². The molecular weight excluding hydrogens is 418 g/mol. The summed E-state index contributed by atoms with van der Waals surface area (Å²) in [6, 6.07) is 23.3. The number of imide groups is 1. The van der Waals surface area contributed by atoms with Gasteiger partial charge in [0.1, 0.15) is 0 Å². The normalized spacial score (nSPS) is 14.2.